The molecule has 2 atom stereocenters. The predicted molar refractivity (Wildman–Crippen MR) is 59.3 cm³/mol. The monoisotopic (exact) mass is 243 g/mol. The van der Waals surface area contributed by atoms with Crippen molar-refractivity contribution in [3.63, 3.8) is 0 Å². The Morgan fingerprint density at radius 3 is 3.06 bits per heavy atom. The Hall–Kier alpha value is -1.07. The highest BCUT2D eigenvalue weighted by atomic mass is 35.5. The van der Waals surface area contributed by atoms with Crippen molar-refractivity contribution in [1.29, 1.82) is 0 Å². The van der Waals surface area contributed by atoms with Crippen LogP contribution in [0, 0.1) is 0 Å². The van der Waals surface area contributed by atoms with Crippen LogP contribution in [0.15, 0.2) is 12.4 Å². The van der Waals surface area contributed by atoms with Crippen LogP contribution in [0.3, 0.4) is 0 Å². The van der Waals surface area contributed by atoms with Gasteiger partial charge in [-0.15, -0.1) is 0 Å². The summed E-state index contributed by atoms with van der Waals surface area (Å²) < 4.78 is 1.71. The maximum absolute atomic E-state index is 11.1. The van der Waals surface area contributed by atoms with Gasteiger partial charge in [0.2, 0.25) is 0 Å². The van der Waals surface area contributed by atoms with Gasteiger partial charge in [-0.2, -0.15) is 5.10 Å². The van der Waals surface area contributed by atoms with Gasteiger partial charge in [0.1, 0.15) is 5.54 Å². The summed E-state index contributed by atoms with van der Waals surface area (Å²) in [4.78, 5) is 11.1. The highest BCUT2D eigenvalue weighted by molar-refractivity contribution is 6.30. The van der Waals surface area contributed by atoms with Crippen LogP contribution < -0.4 is 5.73 Å². The third-order valence-electron chi connectivity index (χ3n) is 3.13. The Kier molecular flexibility index (Phi) is 2.90. The first-order chi connectivity index (χ1) is 7.51. The molecule has 2 unspecified atom stereocenters. The molecule has 5 nitrogen and oxygen atoms in total. The second kappa shape index (κ2) is 4.07. The summed E-state index contributed by atoms with van der Waals surface area (Å²) in [5.74, 6) is -0.935. The van der Waals surface area contributed by atoms with Crippen LogP contribution in [0.1, 0.15) is 31.7 Å². The van der Waals surface area contributed by atoms with Crippen molar-refractivity contribution in [1.82, 2.24) is 9.78 Å². The smallest absolute Gasteiger partial charge is 0.323 e. The van der Waals surface area contributed by atoms with Gasteiger partial charge in [-0.3, -0.25) is 9.48 Å². The first-order valence-electron chi connectivity index (χ1n) is 5.23. The maximum atomic E-state index is 11.1. The predicted octanol–water partition coefficient (Wildman–Crippen LogP) is 1.43. The van der Waals surface area contributed by atoms with Gasteiger partial charge in [0.05, 0.1) is 17.3 Å². The molecule has 0 spiro atoms. The molecule has 1 aromatic heterocycles. The molecule has 2 rings (SSSR count). The van der Waals surface area contributed by atoms with Gasteiger partial charge in [-0.05, 0) is 25.7 Å². The number of hydrogen-bond donors (Lipinski definition) is 2. The molecule has 16 heavy (non-hydrogen) atoms. The fourth-order valence-corrected chi connectivity index (χ4v) is 2.36. The third kappa shape index (κ3) is 2.05. The van der Waals surface area contributed by atoms with Gasteiger partial charge >= 0.3 is 5.97 Å². The molecule has 0 aromatic carbocycles. The number of halogens is 1. The fourth-order valence-electron chi connectivity index (χ4n) is 2.21. The zero-order valence-corrected chi connectivity index (χ0v) is 9.52. The van der Waals surface area contributed by atoms with Crippen LogP contribution in [-0.4, -0.2) is 26.4 Å². The summed E-state index contributed by atoms with van der Waals surface area (Å²) in [6.07, 6.45) is 5.87. The quantitative estimate of drug-likeness (QED) is 0.824. The normalized spacial score (nSPS) is 30.2. The molecule has 1 aliphatic carbocycles. The number of carboxylic acids is 1. The summed E-state index contributed by atoms with van der Waals surface area (Å²) >= 11 is 5.78. The highest BCUT2D eigenvalue weighted by Crippen LogP contribution is 2.34. The Morgan fingerprint density at radius 1 is 1.75 bits per heavy atom. The van der Waals surface area contributed by atoms with Gasteiger partial charge in [-0.1, -0.05) is 11.6 Å². The van der Waals surface area contributed by atoms with Crippen LogP contribution in [0.25, 0.3) is 0 Å². The topological polar surface area (TPSA) is 81.1 Å². The lowest BCUT2D eigenvalue weighted by atomic mass is 9.80. The molecule has 0 aliphatic heterocycles. The minimum Gasteiger partial charge on any atom is -0.480 e. The van der Waals surface area contributed by atoms with Crippen molar-refractivity contribution in [3.05, 3.63) is 17.4 Å². The van der Waals surface area contributed by atoms with Crippen molar-refractivity contribution in [3.8, 4) is 0 Å². The van der Waals surface area contributed by atoms with Crippen LogP contribution in [-0.2, 0) is 4.79 Å². The summed E-state index contributed by atoms with van der Waals surface area (Å²) in [6, 6.07) is 0.0300. The first-order valence-corrected chi connectivity index (χ1v) is 5.61. The van der Waals surface area contributed by atoms with E-state index in [0.29, 0.717) is 17.9 Å². The molecule has 0 amide bonds. The number of aromatic nitrogens is 2. The lowest BCUT2D eigenvalue weighted by Gasteiger charge is -2.34. The molecule has 1 heterocycles. The maximum Gasteiger partial charge on any atom is 0.323 e. The number of carbonyl (C=O) groups is 1. The van der Waals surface area contributed by atoms with Crippen molar-refractivity contribution < 1.29 is 9.90 Å². The molecule has 3 N–H and O–H groups in total. The molecular formula is C10H14ClN3O2. The van der Waals surface area contributed by atoms with E-state index in [2.05, 4.69) is 5.10 Å². The van der Waals surface area contributed by atoms with Crippen LogP contribution in [0.5, 0.6) is 0 Å². The molecule has 88 valence electrons. The minimum atomic E-state index is -1.12. The Morgan fingerprint density at radius 2 is 2.50 bits per heavy atom. The highest BCUT2D eigenvalue weighted by Gasteiger charge is 2.40. The van der Waals surface area contributed by atoms with Gasteiger partial charge in [0.25, 0.3) is 0 Å². The lowest BCUT2D eigenvalue weighted by molar-refractivity contribution is -0.145. The van der Waals surface area contributed by atoms with Crippen LogP contribution in [0.2, 0.25) is 5.02 Å². The second-order valence-corrected chi connectivity index (χ2v) is 4.79. The number of nitrogens with zero attached hydrogens (tertiary/aromatic N) is 2. The van der Waals surface area contributed by atoms with E-state index in [1.165, 1.54) is 0 Å². The van der Waals surface area contributed by atoms with Gasteiger partial charge in [0.15, 0.2) is 0 Å². The van der Waals surface area contributed by atoms with E-state index in [9.17, 15) is 4.79 Å². The van der Waals surface area contributed by atoms with E-state index >= 15 is 0 Å². The Balaban J connectivity index is 2.16. The minimum absolute atomic E-state index is 0.0300. The van der Waals surface area contributed by atoms with E-state index in [0.717, 1.165) is 12.8 Å². The molecule has 0 bridgehead atoms. The molecule has 1 saturated carbocycles. The average molecular weight is 244 g/mol. The number of hydrogen-bond acceptors (Lipinski definition) is 3. The lowest BCUT2D eigenvalue weighted by Crippen LogP contribution is -2.51. The molecule has 1 aromatic rings. The van der Waals surface area contributed by atoms with Crippen molar-refractivity contribution >= 4 is 17.6 Å². The fraction of sp³-hybridized carbons (Fsp3) is 0.600. The number of aliphatic carboxylic acids is 1. The number of rotatable bonds is 2. The summed E-state index contributed by atoms with van der Waals surface area (Å²) in [5, 5.41) is 13.7. The molecule has 6 heteroatoms. The SMILES string of the molecule is NC1(C(=O)O)CCCC(n2cc(Cl)cn2)C1. The van der Waals surface area contributed by atoms with E-state index in [4.69, 9.17) is 22.4 Å². The first kappa shape index (κ1) is 11.4. The molecule has 1 aliphatic rings. The summed E-state index contributed by atoms with van der Waals surface area (Å²) in [5.41, 5.74) is 4.74. The largest absolute Gasteiger partial charge is 0.480 e. The summed E-state index contributed by atoms with van der Waals surface area (Å²) in [7, 11) is 0. The standard InChI is InChI=1S/C10H14ClN3O2/c11-7-5-13-14(6-7)8-2-1-3-10(12,4-8)9(15)16/h5-6,8H,1-4,12H2,(H,15,16). The Bertz CT molecular complexity index is 407. The number of nitrogens with two attached hydrogens (primary N) is 1. The van der Waals surface area contributed by atoms with Crippen molar-refractivity contribution in [2.45, 2.75) is 37.3 Å². The molecular weight excluding hydrogens is 230 g/mol. The average Bonchev–Trinajstić information content (AvgIpc) is 2.65. The van der Waals surface area contributed by atoms with Gasteiger partial charge in [-0.25, -0.2) is 0 Å². The van der Waals surface area contributed by atoms with Crippen LogP contribution >= 0.6 is 11.6 Å². The van der Waals surface area contributed by atoms with Crippen molar-refractivity contribution in [2.24, 2.45) is 5.73 Å². The molecule has 0 radical (unpaired) electrons. The van der Waals surface area contributed by atoms with Gasteiger partial charge < -0.3 is 10.8 Å². The second-order valence-electron chi connectivity index (χ2n) is 4.35. The third-order valence-corrected chi connectivity index (χ3v) is 3.33. The summed E-state index contributed by atoms with van der Waals surface area (Å²) in [6.45, 7) is 0. The van der Waals surface area contributed by atoms with Crippen LogP contribution in [0.4, 0.5) is 0 Å². The van der Waals surface area contributed by atoms with E-state index in [1.54, 1.807) is 17.1 Å². The van der Waals surface area contributed by atoms with E-state index < -0.39 is 11.5 Å². The van der Waals surface area contributed by atoms with Crippen molar-refractivity contribution in [2.75, 3.05) is 0 Å². The molecule has 1 fully saturated rings. The van der Waals surface area contributed by atoms with E-state index in [-0.39, 0.29) is 6.04 Å². The van der Waals surface area contributed by atoms with E-state index in [1.807, 2.05) is 0 Å². The zero-order valence-electron chi connectivity index (χ0n) is 8.77. The zero-order chi connectivity index (χ0) is 11.8. The Labute approximate surface area is 98.2 Å². The molecule has 0 saturated heterocycles. The van der Waals surface area contributed by atoms with Gasteiger partial charge in [0, 0.05) is 6.20 Å². The number of carboxylic acid groups (broad SMARTS) is 1.